The van der Waals surface area contributed by atoms with Crippen LogP contribution in [0.15, 0.2) is 28.7 Å². The van der Waals surface area contributed by atoms with E-state index in [0.29, 0.717) is 5.54 Å². The van der Waals surface area contributed by atoms with Gasteiger partial charge in [-0.2, -0.15) is 0 Å². The van der Waals surface area contributed by atoms with Crippen LogP contribution < -0.4 is 10.1 Å². The van der Waals surface area contributed by atoms with Crippen molar-refractivity contribution in [3.63, 3.8) is 0 Å². The standard InChI is InChI=1S/C17H25BrN2O/c18-15-5-4-6-16(13-15)21-12-11-20-10-9-19-14-17(20)7-2-1-3-8-17/h4-6,13,19H,1-3,7-12,14H2. The molecule has 3 nitrogen and oxygen atoms in total. The summed E-state index contributed by atoms with van der Waals surface area (Å²) in [4.78, 5) is 2.68. The van der Waals surface area contributed by atoms with Gasteiger partial charge < -0.3 is 10.1 Å². The number of hydrogen-bond acceptors (Lipinski definition) is 3. The zero-order valence-corrected chi connectivity index (χ0v) is 14.2. The average Bonchev–Trinajstić information content (AvgIpc) is 2.50. The summed E-state index contributed by atoms with van der Waals surface area (Å²) < 4.78 is 7.01. The first-order valence-electron chi connectivity index (χ1n) is 8.13. The van der Waals surface area contributed by atoms with Gasteiger partial charge in [0.25, 0.3) is 0 Å². The molecule has 1 heterocycles. The Morgan fingerprint density at radius 1 is 1.24 bits per heavy atom. The van der Waals surface area contributed by atoms with E-state index in [4.69, 9.17) is 4.74 Å². The second-order valence-electron chi connectivity index (χ2n) is 6.25. The van der Waals surface area contributed by atoms with Crippen molar-refractivity contribution in [3.8, 4) is 5.75 Å². The van der Waals surface area contributed by atoms with Gasteiger partial charge in [-0.3, -0.25) is 4.90 Å². The summed E-state index contributed by atoms with van der Waals surface area (Å²) in [5, 5.41) is 3.60. The van der Waals surface area contributed by atoms with Crippen molar-refractivity contribution >= 4 is 15.9 Å². The predicted molar refractivity (Wildman–Crippen MR) is 89.9 cm³/mol. The third-order valence-corrected chi connectivity index (χ3v) is 5.39. The molecule has 3 rings (SSSR count). The highest BCUT2D eigenvalue weighted by Crippen LogP contribution is 2.34. The molecule has 2 fully saturated rings. The van der Waals surface area contributed by atoms with Gasteiger partial charge in [-0.05, 0) is 31.0 Å². The number of hydrogen-bond donors (Lipinski definition) is 1. The summed E-state index contributed by atoms with van der Waals surface area (Å²) in [5.41, 5.74) is 0.400. The molecule has 1 spiro atoms. The number of halogens is 1. The van der Waals surface area contributed by atoms with Crippen molar-refractivity contribution in [2.75, 3.05) is 32.8 Å². The van der Waals surface area contributed by atoms with Gasteiger partial charge >= 0.3 is 0 Å². The average molecular weight is 353 g/mol. The van der Waals surface area contributed by atoms with Gasteiger partial charge in [0, 0.05) is 36.2 Å². The Balaban J connectivity index is 1.55. The summed E-state index contributed by atoms with van der Waals surface area (Å²) in [7, 11) is 0. The number of piperazine rings is 1. The number of nitrogens with one attached hydrogen (secondary N) is 1. The first kappa shape index (κ1) is 15.3. The molecule has 1 aromatic carbocycles. The van der Waals surface area contributed by atoms with Crippen molar-refractivity contribution in [1.82, 2.24) is 10.2 Å². The lowest BCUT2D eigenvalue weighted by Crippen LogP contribution is -2.62. The minimum atomic E-state index is 0.400. The fraction of sp³-hybridized carbons (Fsp3) is 0.647. The normalized spacial score (nSPS) is 22.3. The van der Waals surface area contributed by atoms with Crippen LogP contribution in [0.3, 0.4) is 0 Å². The van der Waals surface area contributed by atoms with Gasteiger partial charge in [0.1, 0.15) is 12.4 Å². The fourth-order valence-corrected chi connectivity index (χ4v) is 4.14. The van der Waals surface area contributed by atoms with E-state index in [9.17, 15) is 0 Å². The van der Waals surface area contributed by atoms with E-state index >= 15 is 0 Å². The zero-order chi connectivity index (χ0) is 14.5. The highest BCUT2D eigenvalue weighted by molar-refractivity contribution is 9.10. The molecule has 1 aliphatic heterocycles. The van der Waals surface area contributed by atoms with Crippen molar-refractivity contribution in [2.45, 2.75) is 37.6 Å². The first-order valence-corrected chi connectivity index (χ1v) is 8.92. The molecule has 116 valence electrons. The summed E-state index contributed by atoms with van der Waals surface area (Å²) >= 11 is 3.49. The number of nitrogens with zero attached hydrogens (tertiary/aromatic N) is 1. The molecule has 0 bridgehead atoms. The second-order valence-corrected chi connectivity index (χ2v) is 7.17. The minimum Gasteiger partial charge on any atom is -0.492 e. The Kier molecular flexibility index (Phi) is 5.19. The van der Waals surface area contributed by atoms with Gasteiger partial charge in [0.15, 0.2) is 0 Å². The molecule has 0 amide bonds. The maximum Gasteiger partial charge on any atom is 0.120 e. The maximum absolute atomic E-state index is 5.93. The quantitative estimate of drug-likeness (QED) is 0.898. The van der Waals surface area contributed by atoms with Crippen LogP contribution in [0.5, 0.6) is 5.75 Å². The van der Waals surface area contributed by atoms with E-state index in [-0.39, 0.29) is 0 Å². The molecule has 1 aromatic rings. The molecule has 1 N–H and O–H groups in total. The van der Waals surface area contributed by atoms with Gasteiger partial charge in [0.05, 0.1) is 0 Å². The second kappa shape index (κ2) is 7.12. The van der Waals surface area contributed by atoms with E-state index in [0.717, 1.165) is 43.0 Å². The van der Waals surface area contributed by atoms with Crippen LogP contribution in [0.2, 0.25) is 0 Å². The summed E-state index contributed by atoms with van der Waals surface area (Å²) in [5.74, 6) is 0.956. The van der Waals surface area contributed by atoms with Crippen LogP contribution in [0, 0.1) is 0 Å². The number of rotatable bonds is 4. The lowest BCUT2D eigenvalue weighted by molar-refractivity contribution is 0.0183. The monoisotopic (exact) mass is 352 g/mol. The first-order chi connectivity index (χ1) is 10.3. The maximum atomic E-state index is 5.93. The van der Waals surface area contributed by atoms with E-state index in [1.165, 1.54) is 32.1 Å². The molecule has 1 saturated carbocycles. The highest BCUT2D eigenvalue weighted by atomic mass is 79.9. The van der Waals surface area contributed by atoms with Crippen LogP contribution in [0.4, 0.5) is 0 Å². The van der Waals surface area contributed by atoms with Crippen LogP contribution in [0.1, 0.15) is 32.1 Å². The summed E-state index contributed by atoms with van der Waals surface area (Å²) in [6.07, 6.45) is 6.85. The molecule has 0 radical (unpaired) electrons. The Bertz CT molecular complexity index is 452. The third-order valence-electron chi connectivity index (χ3n) is 4.89. The van der Waals surface area contributed by atoms with Crippen LogP contribution in [-0.2, 0) is 0 Å². The predicted octanol–water partition coefficient (Wildman–Crippen LogP) is 3.44. The molecule has 0 unspecified atom stereocenters. The Morgan fingerprint density at radius 3 is 2.90 bits per heavy atom. The zero-order valence-electron chi connectivity index (χ0n) is 12.6. The Morgan fingerprint density at radius 2 is 2.10 bits per heavy atom. The fourth-order valence-electron chi connectivity index (χ4n) is 3.77. The van der Waals surface area contributed by atoms with E-state index in [1.54, 1.807) is 0 Å². The Labute approximate surface area is 136 Å². The van der Waals surface area contributed by atoms with E-state index in [2.05, 4.69) is 26.1 Å². The summed E-state index contributed by atoms with van der Waals surface area (Å²) in [6.45, 7) is 5.23. The van der Waals surface area contributed by atoms with Crippen molar-refractivity contribution in [1.29, 1.82) is 0 Å². The van der Waals surface area contributed by atoms with Crippen LogP contribution >= 0.6 is 15.9 Å². The topological polar surface area (TPSA) is 24.5 Å². The van der Waals surface area contributed by atoms with E-state index < -0.39 is 0 Å². The van der Waals surface area contributed by atoms with Crippen LogP contribution in [-0.4, -0.2) is 43.2 Å². The van der Waals surface area contributed by atoms with Gasteiger partial charge in [-0.25, -0.2) is 0 Å². The molecule has 21 heavy (non-hydrogen) atoms. The molecule has 0 aromatic heterocycles. The molecular weight excluding hydrogens is 328 g/mol. The molecule has 4 heteroatoms. The lowest BCUT2D eigenvalue weighted by Gasteiger charge is -2.49. The van der Waals surface area contributed by atoms with Crippen molar-refractivity contribution in [3.05, 3.63) is 28.7 Å². The van der Waals surface area contributed by atoms with Crippen molar-refractivity contribution < 1.29 is 4.74 Å². The number of benzene rings is 1. The molecule has 1 saturated heterocycles. The molecular formula is C17H25BrN2O. The van der Waals surface area contributed by atoms with Crippen LogP contribution in [0.25, 0.3) is 0 Å². The summed E-state index contributed by atoms with van der Waals surface area (Å²) in [6, 6.07) is 8.11. The number of ether oxygens (including phenoxy) is 1. The largest absolute Gasteiger partial charge is 0.492 e. The minimum absolute atomic E-state index is 0.400. The Hall–Kier alpha value is -0.580. The highest BCUT2D eigenvalue weighted by Gasteiger charge is 2.39. The van der Waals surface area contributed by atoms with E-state index in [1.807, 2.05) is 24.3 Å². The molecule has 1 aliphatic carbocycles. The lowest BCUT2D eigenvalue weighted by atomic mass is 9.79. The van der Waals surface area contributed by atoms with Gasteiger partial charge in [-0.15, -0.1) is 0 Å². The SMILES string of the molecule is Brc1cccc(OCCN2CCNCC23CCCCC3)c1. The van der Waals surface area contributed by atoms with Crippen molar-refractivity contribution in [2.24, 2.45) is 0 Å². The van der Waals surface area contributed by atoms with Gasteiger partial charge in [-0.1, -0.05) is 41.3 Å². The molecule has 2 aliphatic rings. The smallest absolute Gasteiger partial charge is 0.120 e. The molecule has 0 atom stereocenters. The third kappa shape index (κ3) is 3.79. The van der Waals surface area contributed by atoms with Gasteiger partial charge in [0.2, 0.25) is 0 Å².